The average molecular weight is 393 g/mol. The van der Waals surface area contributed by atoms with Gasteiger partial charge in [-0.15, -0.1) is 0 Å². The van der Waals surface area contributed by atoms with E-state index in [0.29, 0.717) is 30.0 Å². The van der Waals surface area contributed by atoms with E-state index >= 15 is 0 Å². The van der Waals surface area contributed by atoms with Crippen LogP contribution in [0.15, 0.2) is 46.9 Å². The van der Waals surface area contributed by atoms with Crippen molar-refractivity contribution in [1.82, 2.24) is 4.90 Å². The van der Waals surface area contributed by atoms with Crippen LogP contribution in [0.25, 0.3) is 0 Å². The second-order valence-corrected chi connectivity index (χ2v) is 6.45. The predicted molar refractivity (Wildman–Crippen MR) is 93.1 cm³/mol. The van der Waals surface area contributed by atoms with E-state index in [4.69, 9.17) is 10.00 Å². The lowest BCUT2D eigenvalue weighted by Gasteiger charge is -2.21. The van der Waals surface area contributed by atoms with Crippen LogP contribution in [-0.4, -0.2) is 36.3 Å². The Morgan fingerprint density at radius 3 is 2.67 bits per heavy atom. The summed E-state index contributed by atoms with van der Waals surface area (Å²) in [5, 5.41) is 18.8. The van der Waals surface area contributed by atoms with Gasteiger partial charge >= 0.3 is 0 Å². The number of likely N-dealkylation sites (N-methyl/N-ethyl adjacent to an activating group) is 1. The Morgan fingerprint density at radius 2 is 2.00 bits per heavy atom. The normalized spacial score (nSPS) is 12.0. The molecule has 126 valence electrons. The largest absolute Gasteiger partial charge is 0.491 e. The molecule has 0 saturated heterocycles. The van der Waals surface area contributed by atoms with E-state index in [-0.39, 0.29) is 12.4 Å². The van der Waals surface area contributed by atoms with E-state index in [1.807, 2.05) is 18.0 Å². The molecule has 1 unspecified atom stereocenters. The quantitative estimate of drug-likeness (QED) is 0.784. The van der Waals surface area contributed by atoms with Gasteiger partial charge in [0.05, 0.1) is 11.6 Å². The van der Waals surface area contributed by atoms with E-state index in [1.165, 1.54) is 6.07 Å². The first kappa shape index (κ1) is 18.4. The number of aliphatic hydroxyl groups is 1. The van der Waals surface area contributed by atoms with Crippen molar-refractivity contribution in [3.05, 3.63) is 63.9 Å². The Morgan fingerprint density at radius 1 is 1.29 bits per heavy atom. The molecule has 1 atom stereocenters. The molecule has 0 aliphatic heterocycles. The molecule has 2 aromatic rings. The summed E-state index contributed by atoms with van der Waals surface area (Å²) in [4.78, 5) is 1.83. The first-order valence-corrected chi connectivity index (χ1v) is 8.20. The molecule has 2 rings (SSSR count). The zero-order chi connectivity index (χ0) is 17.5. The molecule has 6 heteroatoms. The number of hydrogen-bond donors (Lipinski definition) is 1. The summed E-state index contributed by atoms with van der Waals surface area (Å²) in [5.41, 5.74) is 1.12. The Hall–Kier alpha value is -1.94. The van der Waals surface area contributed by atoms with Crippen LogP contribution in [0.5, 0.6) is 5.75 Å². The van der Waals surface area contributed by atoms with Crippen LogP contribution in [0.2, 0.25) is 0 Å². The molecule has 0 radical (unpaired) electrons. The van der Waals surface area contributed by atoms with Crippen molar-refractivity contribution in [2.24, 2.45) is 0 Å². The summed E-state index contributed by atoms with van der Waals surface area (Å²) in [5.74, 6) is 0.321. The minimum Gasteiger partial charge on any atom is -0.491 e. The summed E-state index contributed by atoms with van der Waals surface area (Å²) < 4.78 is 20.1. The number of nitrogens with zero attached hydrogens (tertiary/aromatic N) is 2. The second-order valence-electron chi connectivity index (χ2n) is 5.53. The number of halogens is 2. The minimum absolute atomic E-state index is 0.122. The summed E-state index contributed by atoms with van der Waals surface area (Å²) in [6, 6.07) is 13.5. The first-order valence-electron chi connectivity index (χ1n) is 7.41. The number of rotatable bonds is 7. The zero-order valence-electron chi connectivity index (χ0n) is 13.2. The Kier molecular flexibility index (Phi) is 6.73. The predicted octanol–water partition coefficient (Wildman–Crippen LogP) is 3.33. The fourth-order valence-corrected chi connectivity index (χ4v) is 2.66. The number of aliphatic hydroxyl groups excluding tert-OH is 1. The molecule has 0 aliphatic rings. The van der Waals surface area contributed by atoms with Crippen LogP contribution < -0.4 is 4.74 Å². The van der Waals surface area contributed by atoms with Crippen molar-refractivity contribution in [2.75, 3.05) is 20.2 Å². The highest BCUT2D eigenvalue weighted by atomic mass is 79.9. The number of hydrogen-bond acceptors (Lipinski definition) is 4. The molecule has 4 nitrogen and oxygen atoms in total. The van der Waals surface area contributed by atoms with Gasteiger partial charge in [-0.25, -0.2) is 4.39 Å². The summed E-state index contributed by atoms with van der Waals surface area (Å²) >= 11 is 3.32. The summed E-state index contributed by atoms with van der Waals surface area (Å²) in [6.45, 7) is 0.860. The van der Waals surface area contributed by atoms with E-state index in [0.717, 1.165) is 4.47 Å². The van der Waals surface area contributed by atoms with Gasteiger partial charge in [0.25, 0.3) is 0 Å². The SMILES string of the molecule is CN(Cc1cc(Br)ccc1F)CC(O)COc1ccc(C#N)cc1. The number of nitriles is 1. The van der Waals surface area contributed by atoms with Crippen molar-refractivity contribution < 1.29 is 14.2 Å². The average Bonchev–Trinajstić information content (AvgIpc) is 2.56. The number of ether oxygens (including phenoxy) is 1. The molecular formula is C18H18BrFN2O2. The van der Waals surface area contributed by atoms with Crippen LogP contribution in [0.4, 0.5) is 4.39 Å². The van der Waals surface area contributed by atoms with Crippen molar-refractivity contribution in [3.63, 3.8) is 0 Å². The van der Waals surface area contributed by atoms with Gasteiger partial charge in [-0.3, -0.25) is 4.90 Å². The van der Waals surface area contributed by atoms with Gasteiger partial charge in [0.1, 0.15) is 24.3 Å². The lowest BCUT2D eigenvalue weighted by molar-refractivity contribution is 0.0741. The van der Waals surface area contributed by atoms with Crippen LogP contribution in [-0.2, 0) is 6.54 Å². The Bertz CT molecular complexity index is 716. The van der Waals surface area contributed by atoms with Gasteiger partial charge in [-0.1, -0.05) is 15.9 Å². The number of benzene rings is 2. The molecule has 2 aromatic carbocycles. The maximum absolute atomic E-state index is 13.7. The summed E-state index contributed by atoms with van der Waals surface area (Å²) in [6.07, 6.45) is -0.708. The highest BCUT2D eigenvalue weighted by Crippen LogP contribution is 2.17. The fraction of sp³-hybridized carbons (Fsp3) is 0.278. The van der Waals surface area contributed by atoms with Crippen LogP contribution in [0.3, 0.4) is 0 Å². The van der Waals surface area contributed by atoms with Gasteiger partial charge in [-0.05, 0) is 49.5 Å². The molecule has 0 amide bonds. The minimum atomic E-state index is -0.708. The van der Waals surface area contributed by atoms with Crippen LogP contribution in [0, 0.1) is 17.1 Å². The van der Waals surface area contributed by atoms with E-state index in [1.54, 1.807) is 36.4 Å². The van der Waals surface area contributed by atoms with Crippen molar-refractivity contribution in [2.45, 2.75) is 12.6 Å². The Balaban J connectivity index is 1.81. The highest BCUT2D eigenvalue weighted by molar-refractivity contribution is 9.10. The molecule has 0 saturated carbocycles. The van der Waals surface area contributed by atoms with E-state index in [9.17, 15) is 9.50 Å². The fourth-order valence-electron chi connectivity index (χ4n) is 2.25. The van der Waals surface area contributed by atoms with Gasteiger partial charge < -0.3 is 9.84 Å². The highest BCUT2D eigenvalue weighted by Gasteiger charge is 2.12. The molecular weight excluding hydrogens is 375 g/mol. The van der Waals surface area contributed by atoms with Crippen molar-refractivity contribution in [1.29, 1.82) is 5.26 Å². The van der Waals surface area contributed by atoms with Crippen molar-refractivity contribution >= 4 is 15.9 Å². The standard InChI is InChI=1S/C18H18BrFN2O2/c1-22(10-14-8-15(19)4-7-18(14)20)11-16(23)12-24-17-5-2-13(9-21)3-6-17/h2-8,16,23H,10-12H2,1H3. The van der Waals surface area contributed by atoms with E-state index in [2.05, 4.69) is 15.9 Å². The molecule has 1 N–H and O–H groups in total. The zero-order valence-corrected chi connectivity index (χ0v) is 14.8. The molecule has 0 bridgehead atoms. The molecule has 0 spiro atoms. The molecule has 24 heavy (non-hydrogen) atoms. The lowest BCUT2D eigenvalue weighted by atomic mass is 10.2. The second kappa shape index (κ2) is 8.78. The third-order valence-corrected chi connectivity index (χ3v) is 3.89. The molecule has 0 aliphatic carbocycles. The van der Waals surface area contributed by atoms with Gasteiger partial charge in [0.2, 0.25) is 0 Å². The third kappa shape index (κ3) is 5.60. The van der Waals surface area contributed by atoms with Crippen LogP contribution in [0.1, 0.15) is 11.1 Å². The van der Waals surface area contributed by atoms with Gasteiger partial charge in [0.15, 0.2) is 0 Å². The monoisotopic (exact) mass is 392 g/mol. The molecule has 0 fully saturated rings. The molecule has 0 heterocycles. The van der Waals surface area contributed by atoms with Gasteiger partial charge in [-0.2, -0.15) is 5.26 Å². The van der Waals surface area contributed by atoms with Crippen molar-refractivity contribution in [3.8, 4) is 11.8 Å². The topological polar surface area (TPSA) is 56.5 Å². The van der Waals surface area contributed by atoms with E-state index < -0.39 is 6.10 Å². The van der Waals surface area contributed by atoms with Gasteiger partial charge in [0, 0.05) is 23.1 Å². The summed E-state index contributed by atoms with van der Waals surface area (Å²) in [7, 11) is 1.81. The molecule has 0 aromatic heterocycles. The first-order chi connectivity index (χ1) is 11.5. The smallest absolute Gasteiger partial charge is 0.127 e. The van der Waals surface area contributed by atoms with Crippen LogP contribution >= 0.6 is 15.9 Å². The third-order valence-electron chi connectivity index (χ3n) is 3.40. The maximum atomic E-state index is 13.7. The maximum Gasteiger partial charge on any atom is 0.127 e. The lowest BCUT2D eigenvalue weighted by Crippen LogP contribution is -2.33. The Labute approximate surface area is 149 Å².